The second-order valence-electron chi connectivity index (χ2n) is 7.00. The zero-order valence-electron chi connectivity index (χ0n) is 15.7. The number of nitrogens with one attached hydrogen (secondary N) is 1. The van der Waals surface area contributed by atoms with Crippen LogP contribution in [0.1, 0.15) is 23.5 Å². The van der Waals surface area contributed by atoms with Crippen LogP contribution in [0.4, 0.5) is 11.4 Å². The second-order valence-corrected chi connectivity index (χ2v) is 7.00. The first-order chi connectivity index (χ1) is 12.9. The van der Waals surface area contributed by atoms with E-state index in [-0.39, 0.29) is 36.0 Å². The van der Waals surface area contributed by atoms with Crippen molar-refractivity contribution in [3.63, 3.8) is 0 Å². The van der Waals surface area contributed by atoms with E-state index in [0.717, 1.165) is 13.1 Å². The largest absolute Gasteiger partial charge is 0.326 e. The molecule has 0 aromatic heterocycles. The van der Waals surface area contributed by atoms with E-state index >= 15 is 0 Å². The molecule has 28 heavy (non-hydrogen) atoms. The van der Waals surface area contributed by atoms with Gasteiger partial charge in [-0.15, -0.1) is 12.4 Å². The van der Waals surface area contributed by atoms with Crippen LogP contribution in [-0.2, 0) is 4.79 Å². The minimum atomic E-state index is -0.446. The number of benzene rings is 2. The van der Waals surface area contributed by atoms with Gasteiger partial charge in [0, 0.05) is 55.8 Å². The van der Waals surface area contributed by atoms with Crippen LogP contribution in [0.3, 0.4) is 0 Å². The monoisotopic (exact) mass is 404 g/mol. The Balaban J connectivity index is 0.00000280. The predicted octanol–water partition coefficient (Wildman–Crippen LogP) is 3.08. The lowest BCUT2D eigenvalue weighted by atomic mass is 9.95. The van der Waals surface area contributed by atoms with Crippen molar-refractivity contribution < 1.29 is 9.72 Å². The number of aryl methyl sites for hydroxylation is 1. The Morgan fingerprint density at radius 1 is 1.25 bits per heavy atom. The highest BCUT2D eigenvalue weighted by atomic mass is 35.5. The number of non-ortho nitro benzene ring substituents is 1. The van der Waals surface area contributed by atoms with Crippen molar-refractivity contribution in [3.8, 4) is 0 Å². The first kappa shape index (κ1) is 21.8. The number of nitro groups is 1. The van der Waals surface area contributed by atoms with Crippen molar-refractivity contribution in [2.24, 2.45) is 5.73 Å². The summed E-state index contributed by atoms with van der Waals surface area (Å²) in [6.07, 6.45) is 0.352. The van der Waals surface area contributed by atoms with Gasteiger partial charge in [-0.3, -0.25) is 14.9 Å². The Morgan fingerprint density at radius 3 is 2.61 bits per heavy atom. The van der Waals surface area contributed by atoms with Gasteiger partial charge in [0.1, 0.15) is 0 Å². The molecule has 0 unspecified atom stereocenters. The summed E-state index contributed by atoms with van der Waals surface area (Å²) in [6.45, 7) is 3.99. The second kappa shape index (κ2) is 9.64. The van der Waals surface area contributed by atoms with E-state index in [1.165, 1.54) is 17.7 Å². The molecule has 1 saturated heterocycles. The molecule has 8 heteroatoms. The predicted molar refractivity (Wildman–Crippen MR) is 112 cm³/mol. The Hall–Kier alpha value is -2.48. The maximum absolute atomic E-state index is 12.3. The zero-order chi connectivity index (χ0) is 19.4. The molecule has 7 nitrogen and oxygen atoms in total. The first-order valence-electron chi connectivity index (χ1n) is 9.02. The lowest BCUT2D eigenvalue weighted by Crippen LogP contribution is -2.30. The van der Waals surface area contributed by atoms with Crippen molar-refractivity contribution in [3.05, 3.63) is 69.8 Å². The average Bonchev–Trinajstić information content (AvgIpc) is 3.03. The number of carbonyl (C=O) groups excluding carboxylic acids is 1. The molecule has 1 amide bonds. The van der Waals surface area contributed by atoms with Crippen LogP contribution in [-0.4, -0.2) is 41.4 Å². The molecule has 0 aliphatic carbocycles. The molecule has 2 aromatic carbocycles. The lowest BCUT2D eigenvalue weighted by molar-refractivity contribution is -0.384. The van der Waals surface area contributed by atoms with Crippen LogP contribution in [0.15, 0.2) is 48.5 Å². The van der Waals surface area contributed by atoms with Crippen LogP contribution in [0.2, 0.25) is 0 Å². The number of carbonyl (C=O) groups is 1. The van der Waals surface area contributed by atoms with Crippen molar-refractivity contribution in [2.75, 3.05) is 25.0 Å². The molecule has 1 heterocycles. The molecular weight excluding hydrogens is 380 g/mol. The van der Waals surface area contributed by atoms with E-state index in [2.05, 4.69) is 22.3 Å². The number of hydrogen-bond acceptors (Lipinski definition) is 5. The minimum absolute atomic E-state index is 0. The number of nitrogens with zero attached hydrogens (tertiary/aromatic N) is 2. The molecule has 2 aromatic rings. The van der Waals surface area contributed by atoms with Gasteiger partial charge < -0.3 is 16.0 Å². The summed E-state index contributed by atoms with van der Waals surface area (Å²) in [5.41, 5.74) is 8.82. The van der Waals surface area contributed by atoms with Crippen LogP contribution in [0, 0.1) is 17.0 Å². The fraction of sp³-hybridized carbons (Fsp3) is 0.350. The number of halogens is 1. The van der Waals surface area contributed by atoms with Crippen LogP contribution in [0.25, 0.3) is 0 Å². The molecular formula is C20H25ClN4O3. The van der Waals surface area contributed by atoms with Crippen LogP contribution < -0.4 is 11.1 Å². The van der Waals surface area contributed by atoms with Crippen molar-refractivity contribution in [1.29, 1.82) is 0 Å². The molecule has 0 radical (unpaired) electrons. The van der Waals surface area contributed by atoms with Crippen LogP contribution in [0.5, 0.6) is 0 Å². The summed E-state index contributed by atoms with van der Waals surface area (Å²) in [6, 6.07) is 14.7. The Labute approximate surface area is 170 Å². The highest BCUT2D eigenvalue weighted by molar-refractivity contribution is 5.91. The fourth-order valence-corrected chi connectivity index (χ4v) is 3.52. The Kier molecular flexibility index (Phi) is 7.51. The number of anilines is 1. The molecule has 0 saturated carbocycles. The summed E-state index contributed by atoms with van der Waals surface area (Å²) in [4.78, 5) is 24.8. The number of rotatable bonds is 6. The summed E-state index contributed by atoms with van der Waals surface area (Å²) in [5.74, 6) is 0.176. The number of nitrogens with two attached hydrogens (primary N) is 1. The maximum Gasteiger partial charge on any atom is 0.269 e. The molecule has 1 aliphatic rings. The van der Waals surface area contributed by atoms with Gasteiger partial charge in [0.25, 0.3) is 5.69 Å². The highest BCUT2D eigenvalue weighted by Gasteiger charge is 2.31. The number of amides is 1. The van der Waals surface area contributed by atoms with Crippen molar-refractivity contribution >= 4 is 29.7 Å². The Bertz CT molecular complexity index is 831. The number of hydrogen-bond donors (Lipinski definition) is 2. The van der Waals surface area contributed by atoms with Gasteiger partial charge in [-0.05, 0) is 24.1 Å². The molecule has 2 atom stereocenters. The zero-order valence-corrected chi connectivity index (χ0v) is 16.5. The van der Waals surface area contributed by atoms with Crippen molar-refractivity contribution in [1.82, 2.24) is 4.90 Å². The smallest absolute Gasteiger partial charge is 0.269 e. The van der Waals surface area contributed by atoms with E-state index in [4.69, 9.17) is 5.73 Å². The average molecular weight is 405 g/mol. The number of nitro benzene ring substituents is 1. The van der Waals surface area contributed by atoms with Crippen LogP contribution >= 0.6 is 12.4 Å². The quantitative estimate of drug-likeness (QED) is 0.569. The third kappa shape index (κ3) is 5.28. The molecule has 150 valence electrons. The van der Waals surface area contributed by atoms with E-state index in [1.807, 2.05) is 18.2 Å². The summed E-state index contributed by atoms with van der Waals surface area (Å²) in [7, 11) is 0. The minimum Gasteiger partial charge on any atom is -0.326 e. The van der Waals surface area contributed by atoms with E-state index in [1.54, 1.807) is 13.0 Å². The molecule has 1 fully saturated rings. The molecule has 3 N–H and O–H groups in total. The summed E-state index contributed by atoms with van der Waals surface area (Å²) < 4.78 is 0. The highest BCUT2D eigenvalue weighted by Crippen LogP contribution is 2.26. The van der Waals surface area contributed by atoms with E-state index in [9.17, 15) is 14.9 Å². The summed E-state index contributed by atoms with van der Waals surface area (Å²) >= 11 is 0. The van der Waals surface area contributed by atoms with Gasteiger partial charge in [-0.25, -0.2) is 0 Å². The van der Waals surface area contributed by atoms with Gasteiger partial charge >= 0.3 is 0 Å². The molecule has 0 spiro atoms. The van der Waals surface area contributed by atoms with Gasteiger partial charge in [0.05, 0.1) is 4.92 Å². The van der Waals surface area contributed by atoms with Gasteiger partial charge in [0.2, 0.25) is 5.91 Å². The molecule has 3 rings (SSSR count). The maximum atomic E-state index is 12.3. The number of likely N-dealkylation sites (tertiary alicyclic amines) is 1. The lowest BCUT2D eigenvalue weighted by Gasteiger charge is -2.16. The van der Waals surface area contributed by atoms with Gasteiger partial charge in [-0.1, -0.05) is 30.3 Å². The van der Waals surface area contributed by atoms with E-state index < -0.39 is 4.92 Å². The Morgan fingerprint density at radius 2 is 1.96 bits per heavy atom. The van der Waals surface area contributed by atoms with Gasteiger partial charge in [0.15, 0.2) is 0 Å². The SMILES string of the molecule is Cc1cc([N+](=O)[O-])ccc1NC(=O)CCN1C[C@@H](N)[C@H](c2ccccc2)C1.Cl. The first-order valence-corrected chi connectivity index (χ1v) is 9.02. The molecule has 0 bridgehead atoms. The van der Waals surface area contributed by atoms with Crippen molar-refractivity contribution in [2.45, 2.75) is 25.3 Å². The third-order valence-electron chi connectivity index (χ3n) is 5.02. The topological polar surface area (TPSA) is 102 Å². The third-order valence-corrected chi connectivity index (χ3v) is 5.02. The normalized spacial score (nSPS) is 19.1. The van der Waals surface area contributed by atoms with Gasteiger partial charge in [-0.2, -0.15) is 0 Å². The molecule has 1 aliphatic heterocycles. The standard InChI is InChI=1S/C20H24N4O3.ClH/c1-14-11-16(24(26)27)7-8-19(14)22-20(25)9-10-23-12-17(18(21)13-23)15-5-3-2-4-6-15;/h2-8,11,17-18H,9-10,12-13,21H2,1H3,(H,22,25);1H/t17-,18+;/m0./s1. The summed E-state index contributed by atoms with van der Waals surface area (Å²) in [5, 5.41) is 13.6. The van der Waals surface area contributed by atoms with E-state index in [0.29, 0.717) is 24.2 Å². The fourth-order valence-electron chi connectivity index (χ4n) is 3.52.